The van der Waals surface area contributed by atoms with Gasteiger partial charge >= 0.3 is 6.09 Å². The van der Waals surface area contributed by atoms with Crippen molar-refractivity contribution in [3.63, 3.8) is 0 Å². The molecule has 23 heavy (non-hydrogen) atoms. The Bertz CT molecular complexity index is 537. The maximum Gasteiger partial charge on any atom is 0.410 e. The number of hydrogen-bond acceptors (Lipinski definition) is 5. The minimum Gasteiger partial charge on any atom is -0.444 e. The van der Waals surface area contributed by atoms with E-state index in [4.69, 9.17) is 20.2 Å². The number of ether oxygens (including phenoxy) is 2. The molecule has 0 saturated carbocycles. The van der Waals surface area contributed by atoms with Crippen molar-refractivity contribution >= 4 is 25.8 Å². The maximum atomic E-state index is 12.6. The quantitative estimate of drug-likeness (QED) is 0.701. The number of likely N-dealkylation sites (tertiary alicyclic amines) is 1. The molecule has 0 aliphatic carbocycles. The fourth-order valence-electron chi connectivity index (χ4n) is 3.35. The number of hydrogen-bond donors (Lipinski definition) is 0. The zero-order chi connectivity index (χ0) is 17.3. The summed E-state index contributed by atoms with van der Waals surface area (Å²) in [7, 11) is 1.74. The third-order valence-electron chi connectivity index (χ3n) is 4.53. The van der Waals surface area contributed by atoms with Gasteiger partial charge in [0.2, 0.25) is 9.05 Å². The molecule has 8 heteroatoms. The molecule has 1 spiro atoms. The molecule has 0 bridgehead atoms. The minimum atomic E-state index is -3.68. The van der Waals surface area contributed by atoms with E-state index in [2.05, 4.69) is 0 Å². The highest BCUT2D eigenvalue weighted by molar-refractivity contribution is 8.13. The number of nitrogens with zero attached hydrogens (tertiary/aromatic N) is 1. The van der Waals surface area contributed by atoms with Crippen molar-refractivity contribution in [1.82, 2.24) is 4.90 Å². The lowest BCUT2D eigenvalue weighted by atomic mass is 9.72. The fourth-order valence-corrected chi connectivity index (χ4v) is 4.59. The van der Waals surface area contributed by atoms with E-state index in [1.807, 2.05) is 0 Å². The van der Waals surface area contributed by atoms with E-state index in [0.29, 0.717) is 26.2 Å². The van der Waals surface area contributed by atoms with Gasteiger partial charge in [-0.05, 0) is 51.9 Å². The van der Waals surface area contributed by atoms with Gasteiger partial charge in [0, 0.05) is 30.4 Å². The molecule has 6 nitrogen and oxygen atoms in total. The van der Waals surface area contributed by atoms with Crippen LogP contribution in [0.5, 0.6) is 0 Å². The number of carbonyl (C=O) groups is 1. The lowest BCUT2D eigenvalue weighted by molar-refractivity contribution is -0.0499. The van der Waals surface area contributed by atoms with E-state index in [9.17, 15) is 13.2 Å². The van der Waals surface area contributed by atoms with Gasteiger partial charge in [-0.3, -0.25) is 0 Å². The highest BCUT2D eigenvalue weighted by Gasteiger charge is 2.44. The Kier molecular flexibility index (Phi) is 5.53. The Labute approximate surface area is 142 Å². The molecule has 1 amide bonds. The Morgan fingerprint density at radius 2 is 1.91 bits per heavy atom. The molecule has 2 aliphatic rings. The van der Waals surface area contributed by atoms with Gasteiger partial charge in [0.1, 0.15) is 5.60 Å². The standard InChI is InChI=1S/C15H26ClNO5S/c1-14(2,3)22-13(18)17-11-15(6-8-21-9-7-15)5-4-12(17)10-23(16,19)20/h12H,4-11H2,1-3H3. The van der Waals surface area contributed by atoms with Crippen molar-refractivity contribution in [2.75, 3.05) is 25.5 Å². The summed E-state index contributed by atoms with van der Waals surface area (Å²) in [5, 5.41) is 0. The van der Waals surface area contributed by atoms with E-state index in [0.717, 1.165) is 19.3 Å². The largest absolute Gasteiger partial charge is 0.444 e. The van der Waals surface area contributed by atoms with Gasteiger partial charge in [0.25, 0.3) is 0 Å². The average Bonchev–Trinajstić information content (AvgIpc) is 2.39. The maximum absolute atomic E-state index is 12.6. The molecule has 0 aromatic rings. The van der Waals surface area contributed by atoms with Crippen LogP contribution in [-0.2, 0) is 18.5 Å². The number of rotatable bonds is 2. The van der Waals surface area contributed by atoms with E-state index < -0.39 is 26.8 Å². The first-order valence-corrected chi connectivity index (χ1v) is 10.5. The van der Waals surface area contributed by atoms with Crippen molar-refractivity contribution in [2.24, 2.45) is 5.41 Å². The van der Waals surface area contributed by atoms with Crippen LogP contribution >= 0.6 is 10.7 Å². The number of piperidine rings is 1. The average molecular weight is 368 g/mol. The molecule has 2 saturated heterocycles. The predicted octanol–water partition coefficient (Wildman–Crippen LogP) is 2.75. The van der Waals surface area contributed by atoms with Crippen molar-refractivity contribution in [3.8, 4) is 0 Å². The van der Waals surface area contributed by atoms with Gasteiger partial charge in [-0.25, -0.2) is 13.2 Å². The lowest BCUT2D eigenvalue weighted by Gasteiger charge is -2.48. The van der Waals surface area contributed by atoms with Crippen molar-refractivity contribution in [2.45, 2.75) is 58.1 Å². The monoisotopic (exact) mass is 367 g/mol. The van der Waals surface area contributed by atoms with Gasteiger partial charge < -0.3 is 14.4 Å². The summed E-state index contributed by atoms with van der Waals surface area (Å²) in [4.78, 5) is 14.1. The summed E-state index contributed by atoms with van der Waals surface area (Å²) < 4.78 is 33.9. The van der Waals surface area contributed by atoms with Crippen LogP contribution in [0.1, 0.15) is 46.5 Å². The number of halogens is 1. The first-order chi connectivity index (χ1) is 10.5. The molecule has 2 fully saturated rings. The summed E-state index contributed by atoms with van der Waals surface area (Å²) in [6, 6.07) is -0.430. The molecular formula is C15H26ClNO5S. The minimum absolute atomic E-state index is 0.00172. The normalized spacial score (nSPS) is 25.4. The molecule has 0 aromatic carbocycles. The van der Waals surface area contributed by atoms with Gasteiger partial charge in [0.15, 0.2) is 0 Å². The zero-order valence-electron chi connectivity index (χ0n) is 14.0. The van der Waals surface area contributed by atoms with Crippen LogP contribution in [0.15, 0.2) is 0 Å². The third-order valence-corrected chi connectivity index (χ3v) is 5.69. The second kappa shape index (κ2) is 6.76. The first kappa shape index (κ1) is 18.8. The molecule has 0 aromatic heterocycles. The predicted molar refractivity (Wildman–Crippen MR) is 88.1 cm³/mol. The highest BCUT2D eigenvalue weighted by atomic mass is 35.7. The first-order valence-electron chi connectivity index (χ1n) is 7.99. The topological polar surface area (TPSA) is 72.9 Å². The van der Waals surface area contributed by atoms with Crippen LogP contribution in [-0.4, -0.2) is 56.6 Å². The molecule has 1 atom stereocenters. The SMILES string of the molecule is CC(C)(C)OC(=O)N1CC2(CCOCC2)CCC1CS(=O)(=O)Cl. The molecule has 1 unspecified atom stereocenters. The molecule has 2 heterocycles. The van der Waals surface area contributed by atoms with Gasteiger partial charge in [0.05, 0.1) is 11.8 Å². The summed E-state index contributed by atoms with van der Waals surface area (Å²) in [6.07, 6.45) is 2.80. The summed E-state index contributed by atoms with van der Waals surface area (Å²) in [5.74, 6) is -0.236. The Morgan fingerprint density at radius 3 is 2.43 bits per heavy atom. The van der Waals surface area contributed by atoms with Gasteiger partial charge in [-0.15, -0.1) is 0 Å². The molecule has 2 rings (SSSR count). The summed E-state index contributed by atoms with van der Waals surface area (Å²) >= 11 is 0. The van der Waals surface area contributed by atoms with Crippen LogP contribution in [0.4, 0.5) is 4.79 Å². The van der Waals surface area contributed by atoms with Gasteiger partial charge in [-0.1, -0.05) is 0 Å². The molecule has 2 aliphatic heterocycles. The number of amides is 1. The number of carbonyl (C=O) groups excluding carboxylic acids is 1. The van der Waals surface area contributed by atoms with Crippen LogP contribution in [0.2, 0.25) is 0 Å². The molecule has 134 valence electrons. The molecule has 0 radical (unpaired) electrons. The van der Waals surface area contributed by atoms with Crippen LogP contribution in [0.25, 0.3) is 0 Å². The lowest BCUT2D eigenvalue weighted by Crippen LogP contribution is -2.55. The van der Waals surface area contributed by atoms with Gasteiger partial charge in [-0.2, -0.15) is 0 Å². The van der Waals surface area contributed by atoms with E-state index in [1.165, 1.54) is 0 Å². The van der Waals surface area contributed by atoms with Crippen LogP contribution in [0, 0.1) is 5.41 Å². The smallest absolute Gasteiger partial charge is 0.410 e. The Hall–Kier alpha value is -0.530. The van der Waals surface area contributed by atoms with E-state index in [-0.39, 0.29) is 11.2 Å². The van der Waals surface area contributed by atoms with E-state index >= 15 is 0 Å². The summed E-state index contributed by atoms with van der Waals surface area (Å²) in [5.41, 5.74) is -0.622. The fraction of sp³-hybridized carbons (Fsp3) is 0.933. The summed E-state index contributed by atoms with van der Waals surface area (Å²) in [6.45, 7) is 7.26. The molecular weight excluding hydrogens is 342 g/mol. The van der Waals surface area contributed by atoms with Crippen molar-refractivity contribution in [1.29, 1.82) is 0 Å². The second-order valence-electron chi connectivity index (χ2n) is 7.62. The third kappa shape index (κ3) is 5.50. The van der Waals surface area contributed by atoms with Crippen LogP contribution in [0.3, 0.4) is 0 Å². The second-order valence-corrected chi connectivity index (χ2v) is 10.4. The zero-order valence-corrected chi connectivity index (χ0v) is 15.6. The molecule has 0 N–H and O–H groups in total. The van der Waals surface area contributed by atoms with E-state index in [1.54, 1.807) is 25.7 Å². The van der Waals surface area contributed by atoms with Crippen molar-refractivity contribution in [3.05, 3.63) is 0 Å². The highest BCUT2D eigenvalue weighted by Crippen LogP contribution is 2.41. The Morgan fingerprint density at radius 1 is 1.30 bits per heavy atom. The Balaban J connectivity index is 2.18. The van der Waals surface area contributed by atoms with Crippen LogP contribution < -0.4 is 0 Å². The van der Waals surface area contributed by atoms with Crippen molar-refractivity contribution < 1.29 is 22.7 Å².